The molecule has 0 rings (SSSR count). The van der Waals surface area contributed by atoms with Crippen molar-refractivity contribution >= 4 is 22.6 Å². The summed E-state index contributed by atoms with van der Waals surface area (Å²) in [6.07, 6.45) is -1.45. The van der Waals surface area contributed by atoms with Gasteiger partial charge in [-0.3, -0.25) is 0 Å². The maximum atomic E-state index is 11.4. The van der Waals surface area contributed by atoms with Gasteiger partial charge >= 0.3 is 0 Å². The van der Waals surface area contributed by atoms with E-state index >= 15 is 0 Å². The molecule has 0 aromatic rings. The standard InChI is InChI=1S/C5H9F2I/c1-4(8)2-3-5(6)7/h4-5H,2-3H2,1H3/t4-/m1/s1. The van der Waals surface area contributed by atoms with Crippen LogP contribution in [-0.4, -0.2) is 10.4 Å². The van der Waals surface area contributed by atoms with Gasteiger partial charge in [0.15, 0.2) is 0 Å². The molecule has 0 aromatic heterocycles. The summed E-state index contributed by atoms with van der Waals surface area (Å²) in [6, 6.07) is 0. The second-order valence-electron chi connectivity index (χ2n) is 1.75. The van der Waals surface area contributed by atoms with Gasteiger partial charge in [-0.2, -0.15) is 0 Å². The zero-order valence-corrected chi connectivity index (χ0v) is 6.86. The van der Waals surface area contributed by atoms with Crippen molar-refractivity contribution in [3.05, 3.63) is 0 Å². The van der Waals surface area contributed by atoms with Crippen LogP contribution < -0.4 is 0 Å². The zero-order chi connectivity index (χ0) is 6.57. The molecule has 0 spiro atoms. The smallest absolute Gasteiger partial charge is 0.211 e. The number of halogens is 3. The van der Waals surface area contributed by atoms with Crippen LogP contribution in [0.3, 0.4) is 0 Å². The number of alkyl halides is 3. The van der Waals surface area contributed by atoms with E-state index in [2.05, 4.69) is 22.6 Å². The van der Waals surface area contributed by atoms with Gasteiger partial charge in [-0.15, -0.1) is 0 Å². The van der Waals surface area contributed by atoms with Crippen molar-refractivity contribution in [3.8, 4) is 0 Å². The predicted molar refractivity (Wildman–Crippen MR) is 38.7 cm³/mol. The molecule has 0 N–H and O–H groups in total. The van der Waals surface area contributed by atoms with Gasteiger partial charge in [0, 0.05) is 10.3 Å². The Hall–Kier alpha value is 0.590. The molecule has 0 bridgehead atoms. The highest BCUT2D eigenvalue weighted by Crippen LogP contribution is 2.11. The topological polar surface area (TPSA) is 0 Å². The van der Waals surface area contributed by atoms with E-state index in [9.17, 15) is 8.78 Å². The zero-order valence-electron chi connectivity index (χ0n) is 4.70. The highest BCUT2D eigenvalue weighted by Gasteiger charge is 2.03. The van der Waals surface area contributed by atoms with Crippen LogP contribution >= 0.6 is 22.6 Å². The van der Waals surface area contributed by atoms with Gasteiger partial charge in [-0.1, -0.05) is 29.5 Å². The summed E-state index contributed by atoms with van der Waals surface area (Å²) in [5.74, 6) is 0. The van der Waals surface area contributed by atoms with E-state index in [0.717, 1.165) is 0 Å². The summed E-state index contributed by atoms with van der Waals surface area (Å²) in [6.45, 7) is 1.93. The minimum Gasteiger partial charge on any atom is -0.211 e. The van der Waals surface area contributed by atoms with Crippen LogP contribution in [0.15, 0.2) is 0 Å². The van der Waals surface area contributed by atoms with Crippen LogP contribution in [0.5, 0.6) is 0 Å². The lowest BCUT2D eigenvalue weighted by Crippen LogP contribution is -1.95. The molecule has 0 aliphatic rings. The van der Waals surface area contributed by atoms with Crippen molar-refractivity contribution < 1.29 is 8.78 Å². The van der Waals surface area contributed by atoms with E-state index in [1.165, 1.54) is 0 Å². The molecule has 0 amide bonds. The Kier molecular flexibility index (Phi) is 4.80. The van der Waals surface area contributed by atoms with E-state index in [4.69, 9.17) is 0 Å². The molecule has 0 saturated heterocycles. The molecule has 0 nitrogen and oxygen atoms in total. The van der Waals surface area contributed by atoms with E-state index in [0.29, 0.717) is 10.3 Å². The molecule has 0 aromatic carbocycles. The normalized spacial score (nSPS) is 14.6. The third kappa shape index (κ3) is 6.59. The van der Waals surface area contributed by atoms with Crippen molar-refractivity contribution in [2.24, 2.45) is 0 Å². The van der Waals surface area contributed by atoms with Crippen LogP contribution in [0.25, 0.3) is 0 Å². The van der Waals surface area contributed by atoms with Gasteiger partial charge in [-0.05, 0) is 6.42 Å². The SMILES string of the molecule is C[C@@H](I)CCC(F)F. The van der Waals surface area contributed by atoms with E-state index in [1.807, 2.05) is 6.92 Å². The molecule has 50 valence electrons. The van der Waals surface area contributed by atoms with E-state index in [-0.39, 0.29) is 6.42 Å². The summed E-state index contributed by atoms with van der Waals surface area (Å²) < 4.78 is 23.2. The Bertz CT molecular complexity index is 46.4. The Balaban J connectivity index is 2.93. The van der Waals surface area contributed by atoms with Crippen molar-refractivity contribution in [1.82, 2.24) is 0 Å². The summed E-state index contributed by atoms with van der Waals surface area (Å²) in [5.41, 5.74) is 0. The van der Waals surface area contributed by atoms with E-state index < -0.39 is 6.43 Å². The first kappa shape index (κ1) is 8.59. The first-order chi connectivity index (χ1) is 3.63. The Morgan fingerprint density at radius 2 is 1.88 bits per heavy atom. The molecule has 8 heavy (non-hydrogen) atoms. The Morgan fingerprint density at radius 3 is 2.00 bits per heavy atom. The summed E-state index contributed by atoms with van der Waals surface area (Å²) in [4.78, 5) is 0. The second kappa shape index (κ2) is 4.47. The summed E-state index contributed by atoms with van der Waals surface area (Å²) in [5, 5.41) is 0. The number of rotatable bonds is 3. The van der Waals surface area contributed by atoms with Crippen LogP contribution in [-0.2, 0) is 0 Å². The summed E-state index contributed by atoms with van der Waals surface area (Å²) >= 11 is 2.14. The third-order valence-corrected chi connectivity index (χ3v) is 1.41. The second-order valence-corrected chi connectivity index (χ2v) is 3.88. The van der Waals surface area contributed by atoms with Gasteiger partial charge < -0.3 is 0 Å². The molecular weight excluding hydrogens is 225 g/mol. The first-order valence-electron chi connectivity index (χ1n) is 2.55. The molecule has 0 aliphatic heterocycles. The maximum absolute atomic E-state index is 11.4. The molecule has 0 saturated carbocycles. The van der Waals surface area contributed by atoms with E-state index in [1.54, 1.807) is 0 Å². The molecule has 0 radical (unpaired) electrons. The minimum absolute atomic E-state index is 0.0457. The summed E-state index contributed by atoms with van der Waals surface area (Å²) in [7, 11) is 0. The average molecular weight is 234 g/mol. The molecule has 0 aliphatic carbocycles. The lowest BCUT2D eigenvalue weighted by atomic mass is 10.3. The third-order valence-electron chi connectivity index (χ3n) is 0.783. The highest BCUT2D eigenvalue weighted by atomic mass is 127. The van der Waals surface area contributed by atoms with Crippen LogP contribution in [0.4, 0.5) is 8.78 Å². The molecular formula is C5H9F2I. The van der Waals surface area contributed by atoms with Crippen LogP contribution in [0.2, 0.25) is 0 Å². The fourth-order valence-corrected chi connectivity index (χ4v) is 0.715. The molecule has 0 fully saturated rings. The lowest BCUT2D eigenvalue weighted by molar-refractivity contribution is 0.135. The van der Waals surface area contributed by atoms with Gasteiger partial charge in [0.2, 0.25) is 6.43 Å². The van der Waals surface area contributed by atoms with Gasteiger partial charge in [-0.25, -0.2) is 8.78 Å². The Morgan fingerprint density at radius 1 is 1.38 bits per heavy atom. The van der Waals surface area contributed by atoms with Crippen molar-refractivity contribution in [2.45, 2.75) is 30.1 Å². The highest BCUT2D eigenvalue weighted by molar-refractivity contribution is 14.1. The number of hydrogen-bond acceptors (Lipinski definition) is 0. The molecule has 0 unspecified atom stereocenters. The molecule has 0 heterocycles. The first-order valence-corrected chi connectivity index (χ1v) is 3.79. The van der Waals surface area contributed by atoms with Gasteiger partial charge in [0.25, 0.3) is 0 Å². The fraction of sp³-hybridized carbons (Fsp3) is 1.00. The van der Waals surface area contributed by atoms with Gasteiger partial charge in [0.05, 0.1) is 0 Å². The maximum Gasteiger partial charge on any atom is 0.238 e. The predicted octanol–water partition coefficient (Wildman–Crippen LogP) is 2.86. The van der Waals surface area contributed by atoms with Gasteiger partial charge in [0.1, 0.15) is 0 Å². The monoisotopic (exact) mass is 234 g/mol. The number of hydrogen-bond donors (Lipinski definition) is 0. The average Bonchev–Trinajstić information content (AvgIpc) is 1.61. The fourth-order valence-electron chi connectivity index (χ4n) is 0.356. The van der Waals surface area contributed by atoms with Crippen molar-refractivity contribution in [1.29, 1.82) is 0 Å². The minimum atomic E-state index is -2.12. The Labute approximate surface area is 61.8 Å². The van der Waals surface area contributed by atoms with Crippen molar-refractivity contribution in [2.75, 3.05) is 0 Å². The molecule has 1 atom stereocenters. The van der Waals surface area contributed by atoms with Crippen LogP contribution in [0.1, 0.15) is 19.8 Å². The lowest BCUT2D eigenvalue weighted by Gasteiger charge is -1.99. The molecule has 3 heteroatoms. The van der Waals surface area contributed by atoms with Crippen LogP contribution in [0, 0.1) is 0 Å². The van der Waals surface area contributed by atoms with Crippen molar-refractivity contribution in [3.63, 3.8) is 0 Å². The largest absolute Gasteiger partial charge is 0.238 e. The quantitative estimate of drug-likeness (QED) is 0.520.